The van der Waals surface area contributed by atoms with E-state index in [9.17, 15) is 4.79 Å². The largest absolute Gasteiger partial charge is 0.370 e. The number of nitrogens with one attached hydrogen (secondary N) is 2. The van der Waals surface area contributed by atoms with Crippen LogP contribution in [0.5, 0.6) is 0 Å². The van der Waals surface area contributed by atoms with Gasteiger partial charge in [-0.2, -0.15) is 0 Å². The number of benzene rings is 2. The quantitative estimate of drug-likeness (QED) is 0.240. The lowest BCUT2D eigenvalue weighted by molar-refractivity contribution is -0.118. The Labute approximate surface area is 243 Å². The van der Waals surface area contributed by atoms with Crippen LogP contribution in [0.2, 0.25) is 10.0 Å². The molecule has 1 saturated heterocycles. The summed E-state index contributed by atoms with van der Waals surface area (Å²) < 4.78 is 0. The van der Waals surface area contributed by atoms with Crippen LogP contribution in [0.15, 0.2) is 47.5 Å². The van der Waals surface area contributed by atoms with Crippen molar-refractivity contribution in [3.8, 4) is 0 Å². The van der Waals surface area contributed by atoms with Crippen LogP contribution in [-0.4, -0.2) is 48.0 Å². The van der Waals surface area contributed by atoms with Crippen molar-refractivity contribution < 1.29 is 4.79 Å². The molecule has 4 N–H and O–H groups in total. The molecule has 1 heterocycles. The first-order chi connectivity index (χ1) is 18.7. The summed E-state index contributed by atoms with van der Waals surface area (Å²) >= 11 is 12.6. The molecule has 39 heavy (non-hydrogen) atoms. The lowest BCUT2D eigenvalue weighted by Gasteiger charge is -2.39. The lowest BCUT2D eigenvalue weighted by atomic mass is 9.82. The van der Waals surface area contributed by atoms with Crippen molar-refractivity contribution in [1.29, 1.82) is 0 Å². The highest BCUT2D eigenvalue weighted by molar-refractivity contribution is 6.35. The van der Waals surface area contributed by atoms with Gasteiger partial charge in [0.2, 0.25) is 5.91 Å². The van der Waals surface area contributed by atoms with Crippen molar-refractivity contribution >= 4 is 40.8 Å². The zero-order chi connectivity index (χ0) is 27.9. The molecule has 0 aromatic heterocycles. The fraction of sp³-hybridized carbons (Fsp3) is 0.548. The number of halogens is 2. The third kappa shape index (κ3) is 8.12. The molecule has 1 aliphatic heterocycles. The van der Waals surface area contributed by atoms with Crippen LogP contribution in [0, 0.1) is 5.92 Å². The summed E-state index contributed by atoms with van der Waals surface area (Å²) in [6.45, 7) is 8.56. The van der Waals surface area contributed by atoms with Crippen LogP contribution in [0.3, 0.4) is 0 Å². The van der Waals surface area contributed by atoms with E-state index >= 15 is 0 Å². The number of hydrogen-bond donors (Lipinski definition) is 3. The van der Waals surface area contributed by atoms with Crippen LogP contribution >= 0.6 is 23.2 Å². The minimum absolute atomic E-state index is 0.165. The zero-order valence-corrected chi connectivity index (χ0v) is 24.9. The number of amides is 1. The van der Waals surface area contributed by atoms with E-state index < -0.39 is 0 Å². The Hall–Kier alpha value is -2.28. The molecule has 3 unspecified atom stereocenters. The van der Waals surface area contributed by atoms with Gasteiger partial charge in [-0.25, -0.2) is 4.99 Å². The summed E-state index contributed by atoms with van der Waals surface area (Å²) in [6.07, 6.45) is 7.59. The molecule has 6 nitrogen and oxygen atoms in total. The second-order valence-electron chi connectivity index (χ2n) is 11.4. The molecule has 1 amide bonds. The third-order valence-corrected chi connectivity index (χ3v) is 8.55. The topological polar surface area (TPSA) is 82.7 Å². The van der Waals surface area contributed by atoms with E-state index in [4.69, 9.17) is 33.9 Å². The summed E-state index contributed by atoms with van der Waals surface area (Å²) in [5.74, 6) is 0.991. The fourth-order valence-corrected chi connectivity index (χ4v) is 6.78. The number of aliphatic imine (C=N–C) groups is 1. The van der Waals surface area contributed by atoms with Gasteiger partial charge in [0.15, 0.2) is 5.96 Å². The molecule has 212 valence electrons. The number of piperazine rings is 1. The molecular formula is C31H43Cl2N5O. The summed E-state index contributed by atoms with van der Waals surface area (Å²) in [4.78, 5) is 19.8. The number of carbonyl (C=O) groups excluding carboxylic acids is 1. The van der Waals surface area contributed by atoms with Crippen molar-refractivity contribution in [2.24, 2.45) is 16.6 Å². The van der Waals surface area contributed by atoms with Crippen molar-refractivity contribution in [2.75, 3.05) is 18.4 Å². The predicted octanol–water partition coefficient (Wildman–Crippen LogP) is 6.81. The Bertz CT molecular complexity index is 1130. The number of anilines is 1. The lowest BCUT2D eigenvalue weighted by Crippen LogP contribution is -2.57. The number of nitrogens with zero attached hydrogens (tertiary/aromatic N) is 2. The molecule has 0 spiro atoms. The van der Waals surface area contributed by atoms with Crippen LogP contribution in [0.1, 0.15) is 82.8 Å². The minimum atomic E-state index is -0.376. The van der Waals surface area contributed by atoms with E-state index in [1.54, 1.807) is 12.1 Å². The smallest absolute Gasteiger partial charge is 0.218 e. The van der Waals surface area contributed by atoms with Gasteiger partial charge in [0.25, 0.3) is 0 Å². The van der Waals surface area contributed by atoms with Crippen LogP contribution in [0.25, 0.3) is 0 Å². The van der Waals surface area contributed by atoms with Gasteiger partial charge in [-0.15, -0.1) is 0 Å². The maximum absolute atomic E-state index is 12.0. The first-order valence-corrected chi connectivity index (χ1v) is 15.2. The summed E-state index contributed by atoms with van der Waals surface area (Å²) in [7, 11) is 0. The normalized spacial score (nSPS) is 24.8. The number of guanidine groups is 1. The van der Waals surface area contributed by atoms with E-state index in [0.29, 0.717) is 34.1 Å². The average Bonchev–Trinajstić information content (AvgIpc) is 2.88. The minimum Gasteiger partial charge on any atom is -0.370 e. The molecule has 2 aromatic carbocycles. The Balaban J connectivity index is 1.61. The van der Waals surface area contributed by atoms with Crippen molar-refractivity contribution in [2.45, 2.75) is 89.8 Å². The van der Waals surface area contributed by atoms with Crippen molar-refractivity contribution in [3.05, 3.63) is 63.6 Å². The standard InChI is InChI=1S/C31H43Cl2N5O/c1-4-7-23-8-5-6-9-29(23)37-31(38-18-20(2)35-21(3)19-38)36-25-13-10-22(11-14-25)27(17-30(34)39)26-15-12-24(32)16-28(26)33/h10-16,20-21,23,27,29,35H,4-9,17-19H2,1-3H3,(H2,34,39)(H,36,37)/t20-,21+,23?,27?,29?. The highest BCUT2D eigenvalue weighted by Crippen LogP contribution is 2.35. The molecule has 4 rings (SSSR count). The SMILES string of the molecule is CCCC1CCCCC1/N=C(\Nc1ccc(C(CC(N)=O)c2ccc(Cl)cc2Cl)cc1)N1C[C@@H](C)N[C@@H](C)C1. The molecule has 1 saturated carbocycles. The monoisotopic (exact) mass is 571 g/mol. The number of carbonyl (C=O) groups is 1. The van der Waals surface area contributed by atoms with Gasteiger partial charge in [-0.1, -0.05) is 67.6 Å². The Kier molecular flexibility index (Phi) is 10.6. The summed E-state index contributed by atoms with van der Waals surface area (Å²) in [6, 6.07) is 14.7. The van der Waals surface area contributed by atoms with Gasteiger partial charge in [-0.3, -0.25) is 4.79 Å². The van der Waals surface area contributed by atoms with Gasteiger partial charge in [0.05, 0.1) is 6.04 Å². The molecular weight excluding hydrogens is 529 g/mol. The Morgan fingerprint density at radius 2 is 1.79 bits per heavy atom. The van der Waals surface area contributed by atoms with Crippen molar-refractivity contribution in [3.63, 3.8) is 0 Å². The zero-order valence-electron chi connectivity index (χ0n) is 23.4. The van der Waals surface area contributed by atoms with Gasteiger partial charge in [0.1, 0.15) is 0 Å². The number of hydrogen-bond acceptors (Lipinski definition) is 3. The van der Waals surface area contributed by atoms with E-state index in [1.165, 1.54) is 32.1 Å². The molecule has 0 radical (unpaired) electrons. The highest BCUT2D eigenvalue weighted by atomic mass is 35.5. The van der Waals surface area contributed by atoms with Gasteiger partial charge >= 0.3 is 0 Å². The van der Waals surface area contributed by atoms with Gasteiger partial charge in [0, 0.05) is 53.2 Å². The maximum Gasteiger partial charge on any atom is 0.218 e. The molecule has 8 heteroatoms. The van der Waals surface area contributed by atoms with Crippen LogP contribution in [0.4, 0.5) is 5.69 Å². The van der Waals surface area contributed by atoms with E-state index in [1.807, 2.05) is 18.2 Å². The number of primary amides is 1. The first-order valence-electron chi connectivity index (χ1n) is 14.4. The van der Waals surface area contributed by atoms with Crippen molar-refractivity contribution in [1.82, 2.24) is 10.2 Å². The summed E-state index contributed by atoms with van der Waals surface area (Å²) in [5.41, 5.74) is 8.41. The molecule has 2 aromatic rings. The second kappa shape index (κ2) is 13.9. The van der Waals surface area contributed by atoms with Gasteiger partial charge in [-0.05, 0) is 74.4 Å². The predicted molar refractivity (Wildman–Crippen MR) is 164 cm³/mol. The summed E-state index contributed by atoms with van der Waals surface area (Å²) in [5, 5.41) is 8.40. The molecule has 0 bridgehead atoms. The van der Waals surface area contributed by atoms with E-state index in [2.05, 4.69) is 48.4 Å². The van der Waals surface area contributed by atoms with E-state index in [-0.39, 0.29) is 18.2 Å². The van der Waals surface area contributed by atoms with Crippen LogP contribution < -0.4 is 16.4 Å². The third-order valence-electron chi connectivity index (χ3n) is 7.99. The first kappa shape index (κ1) is 29.7. The fourth-order valence-electron chi connectivity index (χ4n) is 6.24. The molecule has 5 atom stereocenters. The highest BCUT2D eigenvalue weighted by Gasteiger charge is 2.28. The molecule has 2 aliphatic rings. The number of nitrogens with two attached hydrogens (primary N) is 1. The second-order valence-corrected chi connectivity index (χ2v) is 12.2. The Morgan fingerprint density at radius 3 is 2.44 bits per heavy atom. The Morgan fingerprint density at radius 1 is 1.10 bits per heavy atom. The maximum atomic E-state index is 12.0. The van der Waals surface area contributed by atoms with Gasteiger partial charge < -0.3 is 21.3 Å². The average molecular weight is 573 g/mol. The molecule has 1 aliphatic carbocycles. The van der Waals surface area contributed by atoms with E-state index in [0.717, 1.165) is 42.3 Å². The van der Waals surface area contributed by atoms with Crippen LogP contribution in [-0.2, 0) is 4.79 Å². The number of rotatable bonds is 8. The molecule has 2 fully saturated rings.